The molecule has 0 fully saturated rings. The smallest absolute Gasteiger partial charge is 0.137 e. The highest BCUT2D eigenvalue weighted by molar-refractivity contribution is 6.10. The van der Waals surface area contributed by atoms with Gasteiger partial charge in [0.15, 0.2) is 0 Å². The van der Waals surface area contributed by atoms with Crippen molar-refractivity contribution in [2.75, 3.05) is 16.5 Å². The van der Waals surface area contributed by atoms with E-state index in [1.807, 2.05) is 36.4 Å². The Morgan fingerprint density at radius 3 is 1.72 bits per heavy atom. The number of hydrogen-bond acceptors (Lipinski definition) is 4. The van der Waals surface area contributed by atoms with Crippen LogP contribution in [-0.2, 0) is 16.2 Å². The molecule has 9 aromatic carbocycles. The maximum atomic E-state index is 8.72. The predicted molar refractivity (Wildman–Crippen MR) is 330 cm³/mol. The first-order valence-electron chi connectivity index (χ1n) is 28.7. The summed E-state index contributed by atoms with van der Waals surface area (Å²) in [5, 5.41) is 2.07. The normalized spacial score (nSPS) is 13.6. The fourth-order valence-corrected chi connectivity index (χ4v) is 11.1. The van der Waals surface area contributed by atoms with E-state index >= 15 is 0 Å². The number of aromatic nitrogens is 2. The molecule has 1 aliphatic heterocycles. The van der Waals surface area contributed by atoms with Gasteiger partial charge < -0.3 is 14.5 Å². The Balaban J connectivity index is 0.982. The van der Waals surface area contributed by atoms with Crippen LogP contribution in [-0.4, -0.2) is 16.2 Å². The van der Waals surface area contributed by atoms with Gasteiger partial charge in [-0.2, -0.15) is 0 Å². The van der Waals surface area contributed by atoms with Gasteiger partial charge in [-0.15, -0.1) is 0 Å². The molecule has 3 heterocycles. The standard InChI is InChI=1S/C73H68N4O/c1-48-39-69(74-46-64(48)50-23-15-12-16-24-50)77-65-38-35-55(72(5,6)7)43-63(65)62-37-36-58(45-68(62)77)78-59-42-56(73(8,9)10)41-57(44-59)75-47-76(67-30-18-17-29-66(67)75)70-60(51-31-33-54(34-32-51)71(2,3)4)27-20-28-61(70)53-26-19-25-52(40-53)49-21-13-11-14-22-49/h11-46H,47H2,1-10H3/i1D3. The second-order valence-corrected chi connectivity index (χ2v) is 24.0. The molecule has 1 aliphatic rings. The van der Waals surface area contributed by atoms with E-state index in [0.29, 0.717) is 29.5 Å². The molecule has 12 rings (SSSR count). The Morgan fingerprint density at radius 1 is 0.423 bits per heavy atom. The van der Waals surface area contributed by atoms with Crippen LogP contribution >= 0.6 is 0 Å². The van der Waals surface area contributed by atoms with E-state index < -0.39 is 6.85 Å². The first-order valence-corrected chi connectivity index (χ1v) is 27.2. The Hall–Kier alpha value is -8.67. The number of fused-ring (bicyclic) bond motifs is 4. The zero-order chi connectivity index (χ0) is 56.6. The lowest BCUT2D eigenvalue weighted by atomic mass is 9.85. The molecule has 0 radical (unpaired) electrons. The molecule has 11 aromatic rings. The molecule has 5 nitrogen and oxygen atoms in total. The summed E-state index contributed by atoms with van der Waals surface area (Å²) in [6, 6.07) is 75.0. The third-order valence-electron chi connectivity index (χ3n) is 15.5. The van der Waals surface area contributed by atoms with Gasteiger partial charge in [-0.3, -0.25) is 4.57 Å². The Labute approximate surface area is 465 Å². The van der Waals surface area contributed by atoms with Crippen LogP contribution in [0, 0.1) is 6.85 Å². The second kappa shape index (κ2) is 19.4. The van der Waals surface area contributed by atoms with E-state index in [1.54, 1.807) is 12.3 Å². The summed E-state index contributed by atoms with van der Waals surface area (Å²) in [4.78, 5) is 9.95. The zero-order valence-electron chi connectivity index (χ0n) is 49.2. The van der Waals surface area contributed by atoms with E-state index in [9.17, 15) is 0 Å². The van der Waals surface area contributed by atoms with Crippen molar-refractivity contribution in [1.29, 1.82) is 0 Å². The van der Waals surface area contributed by atoms with Crippen LogP contribution in [0.1, 0.15) is 88.7 Å². The third kappa shape index (κ3) is 9.42. The van der Waals surface area contributed by atoms with Crippen LogP contribution in [0.4, 0.5) is 22.7 Å². The van der Waals surface area contributed by atoms with E-state index in [2.05, 4.69) is 247 Å². The number of ether oxygens (including phenoxy) is 1. The molecule has 0 atom stereocenters. The van der Waals surface area contributed by atoms with Gasteiger partial charge in [-0.1, -0.05) is 202 Å². The molecule has 0 amide bonds. The van der Waals surface area contributed by atoms with E-state index in [4.69, 9.17) is 13.8 Å². The largest absolute Gasteiger partial charge is 0.457 e. The Kier molecular flexibility index (Phi) is 11.6. The molecule has 0 saturated carbocycles. The molecule has 0 spiro atoms. The molecule has 0 bridgehead atoms. The van der Waals surface area contributed by atoms with Crippen LogP contribution in [0.3, 0.4) is 0 Å². The SMILES string of the molecule is [2H]C([2H])([2H])c1cc(-n2c3ccc(C(C)(C)C)cc3c3ccc(Oc4cc(N5CN(c6c(-c7ccc(C(C)(C)C)cc7)cccc6-c6cccc(-c7ccccc7)c6)c6ccccc65)cc(C(C)(C)C)c4)cc32)ncc1-c1ccccc1. The molecule has 0 N–H and O–H groups in total. The predicted octanol–water partition coefficient (Wildman–Crippen LogP) is 20.1. The van der Waals surface area contributed by atoms with E-state index in [-0.39, 0.29) is 21.8 Å². The highest BCUT2D eigenvalue weighted by Gasteiger charge is 2.33. The van der Waals surface area contributed by atoms with Crippen LogP contribution in [0.5, 0.6) is 11.5 Å². The van der Waals surface area contributed by atoms with Crippen molar-refractivity contribution < 1.29 is 8.85 Å². The summed E-state index contributed by atoms with van der Waals surface area (Å²) in [6.45, 7) is 18.4. The molecule has 5 heteroatoms. The van der Waals surface area contributed by atoms with Gasteiger partial charge in [0, 0.05) is 55.6 Å². The van der Waals surface area contributed by atoms with E-state index in [0.717, 1.165) is 77.9 Å². The quantitative estimate of drug-likeness (QED) is 0.144. The Bertz CT molecular complexity index is 4160. The van der Waals surface area contributed by atoms with Crippen LogP contribution in [0.2, 0.25) is 0 Å². The summed E-state index contributed by atoms with van der Waals surface area (Å²) in [5.41, 5.74) is 18.0. The number of aryl methyl sites for hydroxylation is 1. The van der Waals surface area contributed by atoms with Gasteiger partial charge in [0.2, 0.25) is 0 Å². The molecule has 386 valence electrons. The summed E-state index contributed by atoms with van der Waals surface area (Å²) < 4.78 is 35.4. The van der Waals surface area contributed by atoms with Gasteiger partial charge in [0.1, 0.15) is 24.0 Å². The van der Waals surface area contributed by atoms with Gasteiger partial charge in [-0.05, 0) is 134 Å². The van der Waals surface area contributed by atoms with Crippen LogP contribution in [0.15, 0.2) is 219 Å². The lowest BCUT2D eigenvalue weighted by Crippen LogP contribution is -2.25. The Morgan fingerprint density at radius 2 is 1.03 bits per heavy atom. The number of pyridine rings is 1. The van der Waals surface area contributed by atoms with Gasteiger partial charge >= 0.3 is 0 Å². The first-order chi connectivity index (χ1) is 38.7. The topological polar surface area (TPSA) is 33.5 Å². The fraction of sp³-hybridized carbons (Fsp3) is 0.192. The first kappa shape index (κ1) is 46.6. The molecule has 0 saturated heterocycles. The minimum atomic E-state index is -2.39. The lowest BCUT2D eigenvalue weighted by molar-refractivity contribution is 0.479. The minimum Gasteiger partial charge on any atom is -0.457 e. The van der Waals surface area contributed by atoms with Crippen molar-refractivity contribution in [3.63, 3.8) is 0 Å². The monoisotopic (exact) mass is 1020 g/mol. The van der Waals surface area contributed by atoms with E-state index in [1.165, 1.54) is 22.3 Å². The number of rotatable bonds is 9. The average molecular weight is 1020 g/mol. The minimum absolute atomic E-state index is 0.0174. The van der Waals surface area contributed by atoms with Gasteiger partial charge in [0.05, 0.1) is 28.1 Å². The number of hydrogen-bond donors (Lipinski definition) is 0. The fourth-order valence-electron chi connectivity index (χ4n) is 11.1. The third-order valence-corrected chi connectivity index (χ3v) is 15.5. The van der Waals surface area contributed by atoms with Crippen LogP contribution in [0.25, 0.3) is 72.1 Å². The summed E-state index contributed by atoms with van der Waals surface area (Å²) >= 11 is 0. The van der Waals surface area contributed by atoms with Gasteiger partial charge in [-0.25, -0.2) is 4.98 Å². The summed E-state index contributed by atoms with van der Waals surface area (Å²) in [7, 11) is 0. The van der Waals surface area contributed by atoms with Gasteiger partial charge in [0.25, 0.3) is 0 Å². The summed E-state index contributed by atoms with van der Waals surface area (Å²) in [6.07, 6.45) is 1.71. The maximum Gasteiger partial charge on any atom is 0.137 e. The van der Waals surface area contributed by atoms with Crippen molar-refractivity contribution in [2.45, 2.75) is 85.4 Å². The summed E-state index contributed by atoms with van der Waals surface area (Å²) in [5.74, 6) is 1.87. The van der Waals surface area contributed by atoms with Crippen molar-refractivity contribution in [3.05, 3.63) is 241 Å². The van der Waals surface area contributed by atoms with Crippen LogP contribution < -0.4 is 14.5 Å². The highest BCUT2D eigenvalue weighted by Crippen LogP contribution is 2.51. The zero-order valence-corrected chi connectivity index (χ0v) is 46.2. The number of anilines is 4. The number of para-hydroxylation sites is 3. The number of benzene rings is 9. The van der Waals surface area contributed by atoms with Crippen molar-refractivity contribution >= 4 is 44.6 Å². The maximum absolute atomic E-state index is 8.72. The molecular weight excluding hydrogens is 949 g/mol. The molecular formula is C73H68N4O. The molecule has 2 aromatic heterocycles. The highest BCUT2D eigenvalue weighted by atomic mass is 16.5. The number of nitrogens with zero attached hydrogens (tertiary/aromatic N) is 4. The van der Waals surface area contributed by atoms with Crippen molar-refractivity contribution in [1.82, 2.24) is 9.55 Å². The average Bonchev–Trinajstić information content (AvgIpc) is 3.56. The lowest BCUT2D eigenvalue weighted by Gasteiger charge is -2.28. The molecule has 78 heavy (non-hydrogen) atoms. The van der Waals surface area contributed by atoms with Crippen molar-refractivity contribution in [3.8, 4) is 61.8 Å². The molecule has 0 unspecified atom stereocenters. The second-order valence-electron chi connectivity index (χ2n) is 24.0. The molecule has 0 aliphatic carbocycles. The van der Waals surface area contributed by atoms with Crippen molar-refractivity contribution in [2.24, 2.45) is 0 Å².